The van der Waals surface area contributed by atoms with E-state index < -0.39 is 6.36 Å². The third kappa shape index (κ3) is 4.77. The molecular formula is C19H13ClF3N5OS. The van der Waals surface area contributed by atoms with Gasteiger partial charge in [0.15, 0.2) is 5.01 Å². The second-order valence-corrected chi connectivity index (χ2v) is 7.48. The van der Waals surface area contributed by atoms with Gasteiger partial charge >= 0.3 is 6.36 Å². The molecule has 0 amide bonds. The molecule has 0 spiro atoms. The van der Waals surface area contributed by atoms with E-state index in [1.165, 1.54) is 35.6 Å². The summed E-state index contributed by atoms with van der Waals surface area (Å²) in [6.45, 7) is 2.33. The molecule has 154 valence electrons. The molecule has 3 aromatic heterocycles. The highest BCUT2D eigenvalue weighted by Crippen LogP contribution is 2.30. The van der Waals surface area contributed by atoms with Crippen molar-refractivity contribution in [2.45, 2.75) is 19.8 Å². The first-order valence-electron chi connectivity index (χ1n) is 8.61. The third-order valence-electron chi connectivity index (χ3n) is 4.06. The quantitative estimate of drug-likeness (QED) is 0.381. The predicted molar refractivity (Wildman–Crippen MR) is 106 cm³/mol. The lowest BCUT2D eigenvalue weighted by molar-refractivity contribution is -0.274. The van der Waals surface area contributed by atoms with Gasteiger partial charge in [0.1, 0.15) is 16.7 Å². The Morgan fingerprint density at radius 2 is 1.90 bits per heavy atom. The van der Waals surface area contributed by atoms with Crippen molar-refractivity contribution < 1.29 is 17.9 Å². The van der Waals surface area contributed by atoms with Crippen molar-refractivity contribution in [3.8, 4) is 27.8 Å². The van der Waals surface area contributed by atoms with Gasteiger partial charge in [-0.3, -0.25) is 0 Å². The average molecular weight is 452 g/mol. The van der Waals surface area contributed by atoms with Crippen LogP contribution in [0.25, 0.3) is 22.1 Å². The maximum Gasteiger partial charge on any atom is 0.573 e. The Morgan fingerprint density at radius 1 is 1.13 bits per heavy atom. The largest absolute Gasteiger partial charge is 0.573 e. The lowest BCUT2D eigenvalue weighted by Gasteiger charge is -2.08. The van der Waals surface area contributed by atoms with E-state index in [1.54, 1.807) is 22.3 Å². The van der Waals surface area contributed by atoms with Crippen LogP contribution in [-0.2, 0) is 6.54 Å². The summed E-state index contributed by atoms with van der Waals surface area (Å²) in [5, 5.41) is 7.32. The standard InChI is InChI=1S/C19H13ClF3N5OS/c1-11-25-17(27-28(11)9-12-6-7-24-16(20)8-12)18-26-15(10-30-18)13-2-4-14(5-3-13)29-19(21,22)23/h2-8,10H,9H2,1H3. The highest BCUT2D eigenvalue weighted by molar-refractivity contribution is 7.13. The zero-order valence-corrected chi connectivity index (χ0v) is 17.0. The molecule has 0 aliphatic carbocycles. The summed E-state index contributed by atoms with van der Waals surface area (Å²) in [6, 6.07) is 9.14. The van der Waals surface area contributed by atoms with Crippen molar-refractivity contribution in [3.05, 3.63) is 64.5 Å². The van der Waals surface area contributed by atoms with Crippen LogP contribution < -0.4 is 4.74 Å². The van der Waals surface area contributed by atoms with Gasteiger partial charge in [-0.25, -0.2) is 19.6 Å². The van der Waals surface area contributed by atoms with Gasteiger partial charge in [0.25, 0.3) is 0 Å². The van der Waals surface area contributed by atoms with Gasteiger partial charge in [-0.15, -0.1) is 29.6 Å². The van der Waals surface area contributed by atoms with Crippen molar-refractivity contribution in [2.24, 2.45) is 0 Å². The molecule has 11 heteroatoms. The van der Waals surface area contributed by atoms with Crippen LogP contribution in [0.1, 0.15) is 11.4 Å². The molecule has 6 nitrogen and oxygen atoms in total. The number of hydrogen-bond donors (Lipinski definition) is 0. The summed E-state index contributed by atoms with van der Waals surface area (Å²) in [4.78, 5) is 12.9. The Hall–Kier alpha value is -2.98. The number of thiazole rings is 1. The number of alkyl halides is 3. The number of benzene rings is 1. The third-order valence-corrected chi connectivity index (χ3v) is 5.10. The van der Waals surface area contributed by atoms with Gasteiger partial charge in [-0.1, -0.05) is 11.6 Å². The van der Waals surface area contributed by atoms with Crippen LogP contribution in [-0.4, -0.2) is 31.1 Å². The molecule has 0 atom stereocenters. The summed E-state index contributed by atoms with van der Waals surface area (Å²) in [6.07, 6.45) is -3.10. The molecule has 4 aromatic rings. The molecule has 4 rings (SSSR count). The maximum atomic E-state index is 12.3. The fourth-order valence-electron chi connectivity index (χ4n) is 2.71. The molecule has 0 unspecified atom stereocenters. The van der Waals surface area contributed by atoms with Crippen molar-refractivity contribution in [2.75, 3.05) is 0 Å². The normalized spacial score (nSPS) is 11.6. The SMILES string of the molecule is Cc1nc(-c2nc(-c3ccc(OC(F)(F)F)cc3)cs2)nn1Cc1ccnc(Cl)c1. The van der Waals surface area contributed by atoms with Crippen LogP contribution in [0.3, 0.4) is 0 Å². The molecule has 3 heterocycles. The minimum absolute atomic E-state index is 0.283. The van der Waals surface area contributed by atoms with E-state index in [0.29, 0.717) is 39.6 Å². The lowest BCUT2D eigenvalue weighted by Crippen LogP contribution is -2.16. The minimum Gasteiger partial charge on any atom is -0.406 e. The Kier molecular flexibility index (Phi) is 5.44. The number of nitrogens with zero attached hydrogens (tertiary/aromatic N) is 5. The van der Waals surface area contributed by atoms with E-state index in [-0.39, 0.29) is 5.75 Å². The molecule has 30 heavy (non-hydrogen) atoms. The van der Waals surface area contributed by atoms with Crippen molar-refractivity contribution >= 4 is 22.9 Å². The van der Waals surface area contributed by atoms with Gasteiger partial charge in [0.05, 0.1) is 12.2 Å². The maximum absolute atomic E-state index is 12.3. The van der Waals surface area contributed by atoms with Crippen LogP contribution in [0.5, 0.6) is 5.75 Å². The molecule has 1 aromatic carbocycles. The number of rotatable bonds is 5. The topological polar surface area (TPSA) is 65.7 Å². The van der Waals surface area contributed by atoms with Crippen molar-refractivity contribution in [1.29, 1.82) is 0 Å². The first-order valence-corrected chi connectivity index (χ1v) is 9.86. The average Bonchev–Trinajstić information content (AvgIpc) is 3.29. The first-order chi connectivity index (χ1) is 14.3. The molecule has 0 saturated carbocycles. The Balaban J connectivity index is 1.53. The first kappa shape index (κ1) is 20.3. The molecule has 0 saturated heterocycles. The van der Waals surface area contributed by atoms with Crippen LogP contribution in [0.15, 0.2) is 48.0 Å². The zero-order valence-electron chi connectivity index (χ0n) is 15.4. The number of aromatic nitrogens is 5. The van der Waals surface area contributed by atoms with E-state index in [4.69, 9.17) is 11.6 Å². The van der Waals surface area contributed by atoms with E-state index in [2.05, 4.69) is 24.8 Å². The zero-order chi connectivity index (χ0) is 21.3. The van der Waals surface area contributed by atoms with Crippen LogP contribution >= 0.6 is 22.9 Å². The van der Waals surface area contributed by atoms with E-state index in [1.807, 2.05) is 13.0 Å². The number of aryl methyl sites for hydroxylation is 1. The fourth-order valence-corrected chi connectivity index (χ4v) is 3.66. The number of ether oxygens (including phenoxy) is 1. The van der Waals surface area contributed by atoms with Gasteiger partial charge in [-0.2, -0.15) is 0 Å². The lowest BCUT2D eigenvalue weighted by atomic mass is 10.2. The van der Waals surface area contributed by atoms with Gasteiger partial charge in [-0.05, 0) is 48.9 Å². The summed E-state index contributed by atoms with van der Waals surface area (Å²) < 4.78 is 42.5. The fraction of sp³-hybridized carbons (Fsp3) is 0.158. The monoisotopic (exact) mass is 451 g/mol. The van der Waals surface area contributed by atoms with Crippen LogP contribution in [0.2, 0.25) is 5.15 Å². The highest BCUT2D eigenvalue weighted by Gasteiger charge is 2.31. The van der Waals surface area contributed by atoms with Gasteiger partial charge in [0.2, 0.25) is 5.82 Å². The highest BCUT2D eigenvalue weighted by atomic mass is 35.5. The summed E-state index contributed by atoms with van der Waals surface area (Å²) >= 11 is 7.28. The molecule has 0 N–H and O–H groups in total. The Labute approximate surface area is 178 Å². The van der Waals surface area contributed by atoms with Gasteiger partial charge < -0.3 is 4.74 Å². The van der Waals surface area contributed by atoms with E-state index >= 15 is 0 Å². The predicted octanol–water partition coefficient (Wildman–Crippen LogP) is 5.37. The summed E-state index contributed by atoms with van der Waals surface area (Å²) in [7, 11) is 0. The summed E-state index contributed by atoms with van der Waals surface area (Å²) in [5.74, 6) is 0.901. The minimum atomic E-state index is -4.72. The number of hydrogen-bond acceptors (Lipinski definition) is 6. The number of halogens is 4. The van der Waals surface area contributed by atoms with Crippen molar-refractivity contribution in [1.82, 2.24) is 24.7 Å². The second kappa shape index (κ2) is 8.04. The Bertz CT molecular complexity index is 1170. The molecule has 0 bridgehead atoms. The molecule has 0 aliphatic rings. The van der Waals surface area contributed by atoms with Gasteiger partial charge in [0, 0.05) is 17.1 Å². The number of pyridine rings is 1. The van der Waals surface area contributed by atoms with E-state index in [9.17, 15) is 13.2 Å². The molecule has 0 radical (unpaired) electrons. The van der Waals surface area contributed by atoms with Crippen molar-refractivity contribution in [3.63, 3.8) is 0 Å². The van der Waals surface area contributed by atoms with Crippen LogP contribution in [0, 0.1) is 6.92 Å². The smallest absolute Gasteiger partial charge is 0.406 e. The van der Waals surface area contributed by atoms with Crippen LogP contribution in [0.4, 0.5) is 13.2 Å². The molecule has 0 aliphatic heterocycles. The molecule has 0 fully saturated rings. The second-order valence-electron chi connectivity index (χ2n) is 6.24. The molecular weight excluding hydrogens is 439 g/mol. The summed E-state index contributed by atoms with van der Waals surface area (Å²) in [5.41, 5.74) is 2.22. The van der Waals surface area contributed by atoms with E-state index in [0.717, 1.165) is 5.56 Å². The Morgan fingerprint density at radius 3 is 2.60 bits per heavy atom.